The second kappa shape index (κ2) is 7.18. The molecule has 2 aliphatic heterocycles. The SMILES string of the molecule is Oc1ccc(OCCCN2CCN3c4cccc5scc(c45)CC3C2)cc1O. The fraction of sp³-hybridized carbons (Fsp3) is 0.364. The highest BCUT2D eigenvalue weighted by Crippen LogP contribution is 2.40. The van der Waals surface area contributed by atoms with Crippen molar-refractivity contribution in [2.24, 2.45) is 0 Å². The van der Waals surface area contributed by atoms with Gasteiger partial charge in [0.25, 0.3) is 0 Å². The van der Waals surface area contributed by atoms with E-state index in [4.69, 9.17) is 4.74 Å². The predicted molar refractivity (Wildman–Crippen MR) is 113 cm³/mol. The molecule has 3 heterocycles. The summed E-state index contributed by atoms with van der Waals surface area (Å²) in [6, 6.07) is 11.8. The molecular weight excluding hydrogens is 372 g/mol. The van der Waals surface area contributed by atoms with Crippen molar-refractivity contribution >= 4 is 27.1 Å². The van der Waals surface area contributed by atoms with Crippen LogP contribution in [0.15, 0.2) is 41.8 Å². The number of phenolic OH excluding ortho intramolecular Hbond substituents is 2. The molecule has 1 unspecified atom stereocenters. The highest BCUT2D eigenvalue weighted by atomic mass is 32.1. The molecular formula is C22H24N2O3S. The van der Waals surface area contributed by atoms with Crippen molar-refractivity contribution in [2.45, 2.75) is 18.9 Å². The van der Waals surface area contributed by atoms with E-state index in [1.54, 1.807) is 6.07 Å². The Hall–Kier alpha value is -2.44. The average molecular weight is 397 g/mol. The van der Waals surface area contributed by atoms with Crippen molar-refractivity contribution in [1.82, 2.24) is 4.90 Å². The summed E-state index contributed by atoms with van der Waals surface area (Å²) in [6.07, 6.45) is 2.07. The summed E-state index contributed by atoms with van der Waals surface area (Å²) < 4.78 is 7.12. The summed E-state index contributed by atoms with van der Waals surface area (Å²) in [5, 5.41) is 22.7. The van der Waals surface area contributed by atoms with Gasteiger partial charge in [0.1, 0.15) is 5.75 Å². The molecule has 0 saturated carbocycles. The van der Waals surface area contributed by atoms with Gasteiger partial charge in [-0.15, -0.1) is 11.3 Å². The van der Waals surface area contributed by atoms with Gasteiger partial charge in [-0.1, -0.05) is 6.07 Å². The van der Waals surface area contributed by atoms with Gasteiger partial charge in [0, 0.05) is 54.1 Å². The molecule has 28 heavy (non-hydrogen) atoms. The van der Waals surface area contributed by atoms with Gasteiger partial charge in [0.05, 0.1) is 6.61 Å². The van der Waals surface area contributed by atoms with Gasteiger partial charge in [0.2, 0.25) is 0 Å². The topological polar surface area (TPSA) is 56.2 Å². The number of anilines is 1. The maximum atomic E-state index is 9.54. The number of hydrogen-bond acceptors (Lipinski definition) is 6. The number of nitrogens with zero attached hydrogens (tertiary/aromatic N) is 2. The zero-order chi connectivity index (χ0) is 19.1. The van der Waals surface area contributed by atoms with E-state index in [0.717, 1.165) is 39.0 Å². The van der Waals surface area contributed by atoms with Gasteiger partial charge in [-0.3, -0.25) is 4.90 Å². The van der Waals surface area contributed by atoms with Crippen molar-refractivity contribution < 1.29 is 14.9 Å². The van der Waals surface area contributed by atoms with E-state index in [9.17, 15) is 10.2 Å². The third-order valence-corrected chi connectivity index (χ3v) is 6.82. The molecule has 1 saturated heterocycles. The molecule has 2 N–H and O–H groups in total. The van der Waals surface area contributed by atoms with Gasteiger partial charge in [-0.2, -0.15) is 0 Å². The number of rotatable bonds is 5. The van der Waals surface area contributed by atoms with E-state index < -0.39 is 0 Å². The van der Waals surface area contributed by atoms with Crippen LogP contribution in [0.25, 0.3) is 10.1 Å². The van der Waals surface area contributed by atoms with Gasteiger partial charge >= 0.3 is 0 Å². The quantitative estimate of drug-likeness (QED) is 0.507. The van der Waals surface area contributed by atoms with Crippen molar-refractivity contribution in [3.63, 3.8) is 0 Å². The number of piperazine rings is 1. The van der Waals surface area contributed by atoms with E-state index >= 15 is 0 Å². The second-order valence-electron chi connectivity index (χ2n) is 7.62. The maximum Gasteiger partial charge on any atom is 0.161 e. The Morgan fingerprint density at radius 1 is 1.11 bits per heavy atom. The zero-order valence-corrected chi connectivity index (χ0v) is 16.5. The standard InChI is InChI=1S/C22H24N2O3S/c25-19-6-5-17(12-20(19)26)27-10-2-7-23-8-9-24-16(13-23)11-15-14-28-21-4-1-3-18(24)22(15)21/h1,3-6,12,14,16,25-26H,2,7-11,13H2. The number of ether oxygens (including phenoxy) is 1. The van der Waals surface area contributed by atoms with Crippen molar-refractivity contribution in [1.29, 1.82) is 0 Å². The highest BCUT2D eigenvalue weighted by Gasteiger charge is 2.32. The van der Waals surface area contributed by atoms with Crippen molar-refractivity contribution in [2.75, 3.05) is 37.7 Å². The van der Waals surface area contributed by atoms with Crippen LogP contribution in [0, 0.1) is 0 Å². The largest absolute Gasteiger partial charge is 0.504 e. The molecule has 1 aromatic heterocycles. The van der Waals surface area contributed by atoms with Crippen LogP contribution < -0.4 is 9.64 Å². The fourth-order valence-corrected chi connectivity index (χ4v) is 5.46. The predicted octanol–water partition coefficient (Wildman–Crippen LogP) is 3.83. The van der Waals surface area contributed by atoms with E-state index in [2.05, 4.69) is 33.4 Å². The molecule has 2 aromatic carbocycles. The molecule has 146 valence electrons. The Labute approximate surface area is 168 Å². The van der Waals surface area contributed by atoms with Gasteiger partial charge in [-0.05, 0) is 48.1 Å². The maximum absolute atomic E-state index is 9.54. The lowest BCUT2D eigenvalue weighted by Crippen LogP contribution is -2.55. The van der Waals surface area contributed by atoms with Gasteiger partial charge in [0.15, 0.2) is 11.5 Å². The number of thiophene rings is 1. The molecule has 0 aliphatic carbocycles. The Morgan fingerprint density at radius 2 is 2.04 bits per heavy atom. The van der Waals surface area contributed by atoms with Crippen molar-refractivity contribution in [3.8, 4) is 17.2 Å². The number of hydrogen-bond donors (Lipinski definition) is 2. The zero-order valence-electron chi connectivity index (χ0n) is 15.7. The third-order valence-electron chi connectivity index (χ3n) is 5.82. The Morgan fingerprint density at radius 3 is 2.93 bits per heavy atom. The lowest BCUT2D eigenvalue weighted by Gasteiger charge is -2.45. The van der Waals surface area contributed by atoms with Crippen LogP contribution in [0.3, 0.4) is 0 Å². The molecule has 3 aromatic rings. The van der Waals surface area contributed by atoms with Crippen molar-refractivity contribution in [3.05, 3.63) is 47.3 Å². The molecule has 0 amide bonds. The van der Waals surface area contributed by atoms with E-state index in [1.165, 1.54) is 33.5 Å². The summed E-state index contributed by atoms with van der Waals surface area (Å²) in [5.41, 5.74) is 2.93. The highest BCUT2D eigenvalue weighted by molar-refractivity contribution is 7.17. The average Bonchev–Trinajstić information content (AvgIpc) is 3.12. The van der Waals surface area contributed by atoms with Gasteiger partial charge < -0.3 is 19.8 Å². The molecule has 5 rings (SSSR count). The first-order valence-corrected chi connectivity index (χ1v) is 10.7. The second-order valence-corrected chi connectivity index (χ2v) is 8.53. The summed E-state index contributed by atoms with van der Waals surface area (Å²) in [5.74, 6) is 0.321. The van der Waals surface area contributed by atoms with Crippen LogP contribution in [-0.2, 0) is 6.42 Å². The van der Waals surface area contributed by atoms with E-state index in [1.807, 2.05) is 11.3 Å². The molecule has 0 bridgehead atoms. The lowest BCUT2D eigenvalue weighted by molar-refractivity contribution is 0.199. The summed E-state index contributed by atoms with van der Waals surface area (Å²) >= 11 is 1.87. The minimum Gasteiger partial charge on any atom is -0.504 e. The number of benzene rings is 2. The van der Waals surface area contributed by atoms with Crippen LogP contribution in [0.5, 0.6) is 17.2 Å². The molecule has 0 spiro atoms. The van der Waals surface area contributed by atoms with Gasteiger partial charge in [-0.25, -0.2) is 0 Å². The lowest BCUT2D eigenvalue weighted by atomic mass is 9.94. The summed E-state index contributed by atoms with van der Waals surface area (Å²) in [7, 11) is 0. The molecule has 6 heteroatoms. The smallest absolute Gasteiger partial charge is 0.161 e. The summed E-state index contributed by atoms with van der Waals surface area (Å²) in [4.78, 5) is 5.14. The van der Waals surface area contributed by atoms with Crippen LogP contribution in [-0.4, -0.2) is 53.9 Å². The molecule has 2 aliphatic rings. The van der Waals surface area contributed by atoms with Crippen LogP contribution in [0.1, 0.15) is 12.0 Å². The monoisotopic (exact) mass is 396 g/mol. The Bertz CT molecular complexity index is 1000. The summed E-state index contributed by atoms with van der Waals surface area (Å²) in [6.45, 7) is 4.85. The third kappa shape index (κ3) is 3.16. The number of phenols is 2. The molecule has 1 atom stereocenters. The first-order chi connectivity index (χ1) is 13.7. The Kier molecular flexibility index (Phi) is 4.53. The first-order valence-electron chi connectivity index (χ1n) is 9.82. The fourth-order valence-electron chi connectivity index (χ4n) is 4.46. The van der Waals surface area contributed by atoms with E-state index in [-0.39, 0.29) is 11.5 Å². The normalized spacial score (nSPS) is 19.0. The molecule has 5 nitrogen and oxygen atoms in total. The van der Waals surface area contributed by atoms with Crippen LogP contribution in [0.2, 0.25) is 0 Å². The van der Waals surface area contributed by atoms with E-state index in [0.29, 0.717) is 18.4 Å². The Balaban J connectivity index is 1.16. The number of fused-ring (bicyclic) bond motifs is 2. The first kappa shape index (κ1) is 17.6. The van der Waals surface area contributed by atoms with Crippen LogP contribution >= 0.6 is 11.3 Å². The molecule has 1 fully saturated rings. The minimum absolute atomic E-state index is 0.123. The molecule has 0 radical (unpaired) electrons. The van der Waals surface area contributed by atoms with Crippen LogP contribution in [0.4, 0.5) is 5.69 Å². The minimum atomic E-state index is -0.145. The number of aromatic hydroxyl groups is 2.